The molecule has 0 saturated carbocycles. The van der Waals surface area contributed by atoms with Crippen LogP contribution < -0.4 is 4.90 Å². The van der Waals surface area contributed by atoms with Gasteiger partial charge in [0.2, 0.25) is 5.69 Å². The molecule has 0 saturated heterocycles. The van der Waals surface area contributed by atoms with Crippen LogP contribution in [0.2, 0.25) is 0 Å². The summed E-state index contributed by atoms with van der Waals surface area (Å²) >= 11 is 0. The van der Waals surface area contributed by atoms with Crippen molar-refractivity contribution in [3.05, 3.63) is 154 Å². The maximum absolute atomic E-state index is 9.63. The number of rotatable bonds is 5. The molecular formula is C38H27N3. The zero-order valence-corrected chi connectivity index (χ0v) is 23.0. The molecule has 0 atom stereocenters. The predicted octanol–water partition coefficient (Wildman–Crippen LogP) is 10.7. The lowest BCUT2D eigenvalue weighted by atomic mass is 9.96. The number of benzene rings is 6. The van der Waals surface area contributed by atoms with E-state index in [1.165, 1.54) is 16.3 Å². The van der Waals surface area contributed by atoms with Crippen molar-refractivity contribution in [2.45, 2.75) is 13.8 Å². The van der Waals surface area contributed by atoms with Crippen molar-refractivity contribution in [3.8, 4) is 6.07 Å². The molecule has 3 heteroatoms. The lowest BCUT2D eigenvalue weighted by Crippen LogP contribution is -2.10. The molecule has 194 valence electrons. The maximum atomic E-state index is 9.63. The van der Waals surface area contributed by atoms with Crippen LogP contribution >= 0.6 is 0 Å². The third kappa shape index (κ3) is 4.82. The minimum atomic E-state index is 0.563. The van der Waals surface area contributed by atoms with E-state index < -0.39 is 0 Å². The summed E-state index contributed by atoms with van der Waals surface area (Å²) in [6, 6.07) is 42.0. The van der Waals surface area contributed by atoms with E-state index in [9.17, 15) is 5.26 Å². The van der Waals surface area contributed by atoms with Gasteiger partial charge in [-0.3, -0.25) is 0 Å². The predicted molar refractivity (Wildman–Crippen MR) is 172 cm³/mol. The summed E-state index contributed by atoms with van der Waals surface area (Å²) in [4.78, 5) is 6.13. The van der Waals surface area contributed by atoms with E-state index in [1.54, 1.807) is 0 Å². The highest BCUT2D eigenvalue weighted by Gasteiger charge is 2.15. The lowest BCUT2D eigenvalue weighted by Gasteiger charge is -2.27. The average molecular weight is 526 g/mol. The van der Waals surface area contributed by atoms with Crippen LogP contribution in [0.4, 0.5) is 22.7 Å². The van der Waals surface area contributed by atoms with Gasteiger partial charge < -0.3 is 4.90 Å². The molecule has 0 fully saturated rings. The Bertz CT molecular complexity index is 2010. The van der Waals surface area contributed by atoms with Gasteiger partial charge in [-0.1, -0.05) is 103 Å². The van der Waals surface area contributed by atoms with Crippen molar-refractivity contribution >= 4 is 56.4 Å². The van der Waals surface area contributed by atoms with Crippen molar-refractivity contribution < 1.29 is 0 Å². The van der Waals surface area contributed by atoms with Crippen LogP contribution in [0.1, 0.15) is 27.8 Å². The van der Waals surface area contributed by atoms with Crippen LogP contribution in [0.5, 0.6) is 0 Å². The van der Waals surface area contributed by atoms with E-state index in [2.05, 4.69) is 114 Å². The number of aryl methyl sites for hydroxylation is 2. The monoisotopic (exact) mass is 525 g/mol. The number of anilines is 3. The minimum Gasteiger partial charge on any atom is -0.310 e. The molecule has 0 aliphatic rings. The Labute approximate surface area is 240 Å². The Balaban J connectivity index is 1.38. The van der Waals surface area contributed by atoms with Gasteiger partial charge in [0, 0.05) is 16.8 Å². The van der Waals surface area contributed by atoms with E-state index in [0.29, 0.717) is 11.3 Å². The van der Waals surface area contributed by atoms with Crippen LogP contribution in [-0.4, -0.2) is 0 Å². The van der Waals surface area contributed by atoms with Crippen LogP contribution in [-0.2, 0) is 0 Å². The smallest absolute Gasteiger partial charge is 0.202 e. The molecular weight excluding hydrogens is 498 g/mol. The number of nitrogens with zero attached hydrogens (tertiary/aromatic N) is 3. The fourth-order valence-electron chi connectivity index (χ4n) is 5.37. The zero-order valence-electron chi connectivity index (χ0n) is 23.0. The molecule has 6 aromatic carbocycles. The largest absolute Gasteiger partial charge is 0.310 e. The average Bonchev–Trinajstić information content (AvgIpc) is 3.01. The van der Waals surface area contributed by atoms with Crippen LogP contribution in [0.3, 0.4) is 0 Å². The minimum absolute atomic E-state index is 0.563. The van der Waals surface area contributed by atoms with Crippen molar-refractivity contribution in [3.63, 3.8) is 0 Å². The van der Waals surface area contributed by atoms with E-state index in [1.807, 2.05) is 43.3 Å². The summed E-state index contributed by atoms with van der Waals surface area (Å²) < 4.78 is 0. The summed E-state index contributed by atoms with van der Waals surface area (Å²) in [6.07, 6.45) is 4.02. The van der Waals surface area contributed by atoms with E-state index in [0.717, 1.165) is 44.5 Å². The second-order valence-electron chi connectivity index (χ2n) is 10.2. The topological polar surface area (TPSA) is 31.4 Å². The second kappa shape index (κ2) is 10.9. The molecule has 0 bridgehead atoms. The summed E-state index contributed by atoms with van der Waals surface area (Å²) in [6.45, 7) is 11.9. The molecule has 0 aliphatic heterocycles. The van der Waals surface area contributed by atoms with Crippen molar-refractivity contribution in [2.24, 2.45) is 0 Å². The normalized spacial score (nSPS) is 11.0. The van der Waals surface area contributed by atoms with Crippen LogP contribution in [0.25, 0.3) is 38.5 Å². The van der Waals surface area contributed by atoms with Crippen LogP contribution in [0, 0.1) is 31.8 Å². The van der Waals surface area contributed by atoms with Gasteiger partial charge in [-0.2, -0.15) is 5.26 Å². The third-order valence-electron chi connectivity index (χ3n) is 7.54. The summed E-state index contributed by atoms with van der Waals surface area (Å²) in [5.74, 6) is 0. The Morgan fingerprint density at radius 3 is 2.10 bits per heavy atom. The highest BCUT2D eigenvalue weighted by atomic mass is 15.1. The fraction of sp³-hybridized carbons (Fsp3) is 0.0526. The molecule has 0 unspecified atom stereocenters. The standard InChI is InChI=1S/C38H27N3/c1-26-11-19-31(20-12-26)41(37-10-6-8-29-7-4-5-9-33(29)37)32-21-15-28(16-22-32)14-17-30-18-24-34-35(38(30)40-3)23-13-27(2)36(34)25-39/h4-24H,1-2H3. The molecule has 0 aliphatic carbocycles. The molecule has 0 spiro atoms. The summed E-state index contributed by atoms with van der Waals surface area (Å²) in [5.41, 5.74) is 8.49. The first kappa shape index (κ1) is 25.6. The molecule has 0 aromatic heterocycles. The second-order valence-corrected chi connectivity index (χ2v) is 10.2. The molecule has 6 aromatic rings. The van der Waals surface area contributed by atoms with Crippen molar-refractivity contribution in [1.29, 1.82) is 5.26 Å². The van der Waals surface area contributed by atoms with E-state index >= 15 is 0 Å². The molecule has 0 radical (unpaired) electrons. The van der Waals surface area contributed by atoms with E-state index in [4.69, 9.17) is 6.57 Å². The Morgan fingerprint density at radius 2 is 1.37 bits per heavy atom. The van der Waals surface area contributed by atoms with Gasteiger partial charge in [0.05, 0.1) is 23.9 Å². The Kier molecular flexibility index (Phi) is 6.78. The van der Waals surface area contributed by atoms with Crippen molar-refractivity contribution in [1.82, 2.24) is 0 Å². The first-order chi connectivity index (χ1) is 20.1. The van der Waals surface area contributed by atoms with Gasteiger partial charge in [0.1, 0.15) is 0 Å². The Morgan fingerprint density at radius 1 is 0.683 bits per heavy atom. The SMILES string of the molecule is [C-]#[N+]c1c(C=Cc2ccc(N(c3ccc(C)cc3)c3cccc4ccccc34)cc2)ccc2c(C#N)c(C)ccc12. The third-order valence-corrected chi connectivity index (χ3v) is 7.54. The first-order valence-corrected chi connectivity index (χ1v) is 13.5. The first-order valence-electron chi connectivity index (χ1n) is 13.5. The van der Waals surface area contributed by atoms with Gasteiger partial charge in [0.15, 0.2) is 0 Å². The number of nitriles is 1. The number of fused-ring (bicyclic) bond motifs is 2. The van der Waals surface area contributed by atoms with Gasteiger partial charge in [0.25, 0.3) is 0 Å². The quantitative estimate of drug-likeness (QED) is 0.166. The van der Waals surface area contributed by atoms with Gasteiger partial charge >= 0.3 is 0 Å². The number of hydrogen-bond acceptors (Lipinski definition) is 2. The molecule has 0 amide bonds. The van der Waals surface area contributed by atoms with E-state index in [-0.39, 0.29) is 0 Å². The molecule has 0 N–H and O–H groups in total. The zero-order chi connectivity index (χ0) is 28.3. The molecule has 3 nitrogen and oxygen atoms in total. The van der Waals surface area contributed by atoms with Gasteiger partial charge in [-0.25, -0.2) is 4.85 Å². The highest BCUT2D eigenvalue weighted by Crippen LogP contribution is 2.39. The van der Waals surface area contributed by atoms with Gasteiger partial charge in [-0.05, 0) is 77.0 Å². The van der Waals surface area contributed by atoms with Gasteiger partial charge in [-0.15, -0.1) is 0 Å². The summed E-state index contributed by atoms with van der Waals surface area (Å²) in [5, 5.41) is 13.7. The maximum Gasteiger partial charge on any atom is 0.202 e. The van der Waals surface area contributed by atoms with Crippen molar-refractivity contribution in [2.75, 3.05) is 4.90 Å². The molecule has 6 rings (SSSR count). The lowest BCUT2D eigenvalue weighted by molar-refractivity contribution is 1.29. The molecule has 0 heterocycles. The summed E-state index contributed by atoms with van der Waals surface area (Å²) in [7, 11) is 0. The molecule has 41 heavy (non-hydrogen) atoms. The highest BCUT2D eigenvalue weighted by molar-refractivity contribution is 6.02. The fourth-order valence-corrected chi connectivity index (χ4v) is 5.37. The van der Waals surface area contributed by atoms with Crippen LogP contribution in [0.15, 0.2) is 115 Å². The number of hydrogen-bond donors (Lipinski definition) is 0. The Hall–Kier alpha value is -5.64.